The summed E-state index contributed by atoms with van der Waals surface area (Å²) in [5.74, 6) is 5.38. The van der Waals surface area contributed by atoms with E-state index in [0.717, 1.165) is 13.1 Å². The van der Waals surface area contributed by atoms with Gasteiger partial charge in [-0.15, -0.1) is 23.9 Å². The maximum atomic E-state index is 8.09. The quantitative estimate of drug-likeness (QED) is 0.0990. The van der Waals surface area contributed by atoms with Crippen LogP contribution in [0.3, 0.4) is 0 Å². The summed E-state index contributed by atoms with van der Waals surface area (Å²) in [7, 11) is 3.55. The van der Waals surface area contributed by atoms with E-state index in [1.165, 1.54) is 79.3 Å². The van der Waals surface area contributed by atoms with E-state index in [4.69, 9.17) is 30.5 Å². The van der Waals surface area contributed by atoms with E-state index in [-0.39, 0.29) is 10.8 Å². The van der Waals surface area contributed by atoms with E-state index >= 15 is 0 Å². The Kier molecular flexibility index (Phi) is 11.1. The Morgan fingerprint density at radius 3 is 1.85 bits per heavy atom. The highest BCUT2D eigenvalue weighted by Crippen LogP contribution is 2.50. The lowest BCUT2D eigenvalue weighted by Gasteiger charge is -2.26. The lowest BCUT2D eigenvalue weighted by Crippen LogP contribution is -2.29. The fraction of sp³-hybridized carbons (Fsp3) is 0.279. The smallest absolute Gasteiger partial charge is 0.383 e. The van der Waals surface area contributed by atoms with E-state index in [1.54, 1.807) is 14.2 Å². The number of anilines is 1. The van der Waals surface area contributed by atoms with Gasteiger partial charge in [0.15, 0.2) is 12.3 Å². The lowest BCUT2D eigenvalue weighted by atomic mass is 9.30. The number of allylic oxidation sites excluding steroid dienone is 6. The Morgan fingerprint density at radius 2 is 1.27 bits per heavy atom. The van der Waals surface area contributed by atoms with Crippen molar-refractivity contribution < 1.29 is 14.0 Å². The molecule has 0 aliphatic carbocycles. The summed E-state index contributed by atoms with van der Waals surface area (Å²) < 4.78 is 13.5. The molecule has 6 rings (SSSR count). The third-order valence-electron chi connectivity index (χ3n) is 10.1. The number of hydrogen-bond acceptors (Lipinski definition) is 7. The normalized spacial score (nSPS) is 16.3. The zero-order chi connectivity index (χ0) is 37.5. The fourth-order valence-electron chi connectivity index (χ4n) is 7.45. The molecule has 2 heterocycles. The van der Waals surface area contributed by atoms with Gasteiger partial charge in [0, 0.05) is 55.3 Å². The van der Waals surface area contributed by atoms with Gasteiger partial charge in [-0.1, -0.05) is 86.7 Å². The second-order valence-corrected chi connectivity index (χ2v) is 14.0. The van der Waals surface area contributed by atoms with Crippen LogP contribution in [0.15, 0.2) is 109 Å². The predicted octanol–water partition coefficient (Wildman–Crippen LogP) is 8.14. The predicted molar refractivity (Wildman–Crippen MR) is 209 cm³/mol. The van der Waals surface area contributed by atoms with E-state index < -0.39 is 6.15 Å². The molecule has 0 unspecified atom stereocenters. The number of nitriles is 4. The molecule has 0 aromatic heterocycles. The van der Waals surface area contributed by atoms with E-state index in [9.17, 15) is 0 Å². The number of ether oxygens (including phenoxy) is 2. The SMILES string of the molecule is COCCN1/C(=C/C=C/C=C/C2=[N+](CCOC)c3ccc4ccccc4c3C2(C)C)C(C)(C)c2c1ccc1ccccc21.N#C[B-](C#N)(C#N)C#N. The molecule has 0 N–H and O–H groups in total. The van der Waals surface area contributed by atoms with Crippen molar-refractivity contribution in [3.63, 3.8) is 0 Å². The highest BCUT2D eigenvalue weighted by atomic mass is 16.5. The molecule has 0 fully saturated rings. The van der Waals surface area contributed by atoms with Gasteiger partial charge < -0.3 is 14.4 Å². The van der Waals surface area contributed by atoms with Gasteiger partial charge in [0.1, 0.15) is 6.61 Å². The van der Waals surface area contributed by atoms with Crippen molar-refractivity contribution >= 4 is 44.8 Å². The van der Waals surface area contributed by atoms with Crippen LogP contribution in [-0.2, 0) is 20.3 Å². The molecule has 0 radical (unpaired) electrons. The molecule has 52 heavy (non-hydrogen) atoms. The van der Waals surface area contributed by atoms with Crippen LogP contribution in [0.25, 0.3) is 21.5 Å². The van der Waals surface area contributed by atoms with Crippen LogP contribution < -0.4 is 4.90 Å². The van der Waals surface area contributed by atoms with Crippen molar-refractivity contribution in [2.45, 2.75) is 38.5 Å². The number of nitrogens with zero attached hydrogens (tertiary/aromatic N) is 6. The van der Waals surface area contributed by atoms with Crippen molar-refractivity contribution in [3.05, 3.63) is 120 Å². The van der Waals surface area contributed by atoms with Crippen LogP contribution in [-0.4, -0.2) is 57.0 Å². The number of hydrogen-bond donors (Lipinski definition) is 0. The molecule has 0 amide bonds. The van der Waals surface area contributed by atoms with Crippen LogP contribution >= 0.6 is 0 Å². The molecule has 2 aliphatic heterocycles. The maximum absolute atomic E-state index is 8.09. The summed E-state index contributed by atoms with van der Waals surface area (Å²) in [6, 6.07) is 26.5. The number of benzene rings is 4. The first-order chi connectivity index (χ1) is 25.0. The van der Waals surface area contributed by atoms with Crippen LogP contribution in [0.1, 0.15) is 38.8 Å². The van der Waals surface area contributed by atoms with Crippen molar-refractivity contribution in [1.29, 1.82) is 21.0 Å². The third-order valence-corrected chi connectivity index (χ3v) is 10.1. The molecular weight excluding hydrogens is 643 g/mol. The molecule has 260 valence electrons. The Labute approximate surface area is 306 Å². The van der Waals surface area contributed by atoms with E-state index in [0.29, 0.717) is 13.2 Å². The van der Waals surface area contributed by atoms with Gasteiger partial charge in [-0.25, -0.2) is 21.0 Å². The largest absolute Gasteiger partial charge is 0.383 e. The lowest BCUT2D eigenvalue weighted by molar-refractivity contribution is -0.441. The van der Waals surface area contributed by atoms with Gasteiger partial charge in [-0.2, -0.15) is 4.58 Å². The van der Waals surface area contributed by atoms with Crippen LogP contribution in [0.4, 0.5) is 11.4 Å². The maximum Gasteiger partial charge on any atom is 0.383 e. The first-order valence-electron chi connectivity index (χ1n) is 17.4. The monoisotopic (exact) mass is 686 g/mol. The highest BCUT2D eigenvalue weighted by molar-refractivity contribution is 7.05. The summed E-state index contributed by atoms with van der Waals surface area (Å²) >= 11 is 0. The molecule has 0 bridgehead atoms. The molecule has 0 spiro atoms. The first kappa shape index (κ1) is 37.3. The van der Waals surface area contributed by atoms with Crippen LogP contribution in [0.5, 0.6) is 0 Å². The summed E-state index contributed by atoms with van der Waals surface area (Å²) in [5, 5.41) is 37.6. The molecule has 2 aliphatic rings. The van der Waals surface area contributed by atoms with E-state index in [1.807, 2.05) is 0 Å². The minimum atomic E-state index is -2.72. The first-order valence-corrected chi connectivity index (χ1v) is 17.4. The fourth-order valence-corrected chi connectivity index (χ4v) is 7.45. The Hall–Kier alpha value is -5.97. The molecule has 8 nitrogen and oxygen atoms in total. The van der Waals surface area contributed by atoms with Crippen molar-refractivity contribution in [2.24, 2.45) is 0 Å². The Bertz CT molecular complexity index is 2250. The topological polar surface area (TPSA) is 120 Å². The second-order valence-electron chi connectivity index (χ2n) is 14.0. The molecule has 0 saturated heterocycles. The van der Waals surface area contributed by atoms with Gasteiger partial charge >= 0.3 is 6.15 Å². The van der Waals surface area contributed by atoms with Crippen molar-refractivity contribution in [1.82, 2.24) is 0 Å². The second kappa shape index (κ2) is 15.5. The van der Waals surface area contributed by atoms with Crippen molar-refractivity contribution in [3.8, 4) is 23.9 Å². The van der Waals surface area contributed by atoms with Gasteiger partial charge in [0.05, 0.1) is 12.0 Å². The van der Waals surface area contributed by atoms with Crippen LogP contribution in [0.2, 0.25) is 0 Å². The molecule has 0 saturated carbocycles. The van der Waals surface area contributed by atoms with Gasteiger partial charge in [0.25, 0.3) is 0 Å². The Balaban J connectivity index is 0.000000515. The number of rotatable bonds is 9. The van der Waals surface area contributed by atoms with Gasteiger partial charge in [-0.3, -0.25) is 0 Å². The molecule has 4 aromatic rings. The zero-order valence-electron chi connectivity index (χ0n) is 30.7. The standard InChI is InChI=1S/C39H43N2O2.C4BN4/c1-38(2)34(40(24-26-42-5)32-22-20-28-14-10-12-16-30(28)36(32)38)18-8-7-9-19-35-39(3,4)37-31-17-13-11-15-29(31)21-23-33(37)41(35)25-27-43-6;6-1-5(2-7,3-8)4-9/h7-23H,24-27H2,1-6H3;/q+1;-1. The summed E-state index contributed by atoms with van der Waals surface area (Å²) in [4.78, 5) is 2.43. The van der Waals surface area contributed by atoms with Crippen molar-refractivity contribution in [2.75, 3.05) is 45.4 Å². The minimum Gasteiger partial charge on any atom is -0.383 e. The third kappa shape index (κ3) is 6.74. The van der Waals surface area contributed by atoms with E-state index in [2.05, 4.69) is 140 Å². The number of fused-ring (bicyclic) bond motifs is 6. The number of methoxy groups -OCH3 is 2. The Morgan fingerprint density at radius 1 is 0.692 bits per heavy atom. The molecule has 0 atom stereocenters. The van der Waals surface area contributed by atoms with Crippen LogP contribution in [0, 0.1) is 44.9 Å². The van der Waals surface area contributed by atoms with Gasteiger partial charge in [0.2, 0.25) is 5.69 Å². The summed E-state index contributed by atoms with van der Waals surface area (Å²) in [6.07, 6.45) is 8.38. The molecule has 9 heteroatoms. The summed E-state index contributed by atoms with van der Waals surface area (Å²) in [6.45, 7) is 12.3. The molecule has 4 aromatic carbocycles. The minimum absolute atomic E-state index is 0.139. The molecular formula is C43H43BN6O2. The van der Waals surface area contributed by atoms with Gasteiger partial charge in [-0.05, 0) is 59.2 Å². The zero-order valence-corrected chi connectivity index (χ0v) is 30.7. The highest BCUT2D eigenvalue weighted by Gasteiger charge is 2.45. The summed E-state index contributed by atoms with van der Waals surface area (Å²) in [5.41, 5.74) is 7.62. The average molecular weight is 687 g/mol. The average Bonchev–Trinajstić information content (AvgIpc) is 3.52.